The standard InChI is InChI=1S/C12H11F3N4OS/c1-7-8-4-16-10(19(8)3-2-18(7)6-20)11-17-9(5-21-11)12(13,14)15/h4-7H,2-3H2,1H3. The van der Waals surface area contributed by atoms with Crippen LogP contribution < -0.4 is 0 Å². The zero-order valence-electron chi connectivity index (χ0n) is 11.0. The molecule has 21 heavy (non-hydrogen) atoms. The third-order valence-corrected chi connectivity index (χ3v) is 4.35. The number of carbonyl (C=O) groups excluding carboxylic acids is 1. The number of thiazole rings is 1. The fourth-order valence-electron chi connectivity index (χ4n) is 2.36. The molecular weight excluding hydrogens is 305 g/mol. The third kappa shape index (κ3) is 2.31. The molecule has 9 heteroatoms. The van der Waals surface area contributed by atoms with E-state index < -0.39 is 11.9 Å². The van der Waals surface area contributed by atoms with Crippen molar-refractivity contribution in [3.63, 3.8) is 0 Å². The van der Waals surface area contributed by atoms with Gasteiger partial charge in [0.25, 0.3) is 0 Å². The number of rotatable bonds is 2. The molecule has 0 N–H and O–H groups in total. The highest BCUT2D eigenvalue weighted by atomic mass is 32.1. The number of halogens is 3. The summed E-state index contributed by atoms with van der Waals surface area (Å²) in [5.41, 5.74) is -0.106. The minimum Gasteiger partial charge on any atom is -0.335 e. The van der Waals surface area contributed by atoms with Crippen molar-refractivity contribution in [2.24, 2.45) is 0 Å². The smallest absolute Gasteiger partial charge is 0.335 e. The molecule has 1 aliphatic rings. The molecular formula is C12H11F3N4OS. The van der Waals surface area contributed by atoms with Gasteiger partial charge in [-0.2, -0.15) is 13.2 Å². The molecule has 0 spiro atoms. The van der Waals surface area contributed by atoms with Crippen LogP contribution in [0.4, 0.5) is 13.2 Å². The second kappa shape index (κ2) is 4.83. The van der Waals surface area contributed by atoms with Crippen LogP contribution in [0.3, 0.4) is 0 Å². The maximum atomic E-state index is 12.6. The molecule has 5 nitrogen and oxygen atoms in total. The van der Waals surface area contributed by atoms with Crippen LogP contribution >= 0.6 is 11.3 Å². The van der Waals surface area contributed by atoms with Gasteiger partial charge in [-0.05, 0) is 6.92 Å². The fraction of sp³-hybridized carbons (Fsp3) is 0.417. The summed E-state index contributed by atoms with van der Waals surface area (Å²) in [7, 11) is 0. The second-order valence-corrected chi connectivity index (χ2v) is 5.57. The number of nitrogens with zero attached hydrogens (tertiary/aromatic N) is 4. The van der Waals surface area contributed by atoms with E-state index in [9.17, 15) is 18.0 Å². The van der Waals surface area contributed by atoms with Crippen molar-refractivity contribution in [1.29, 1.82) is 0 Å². The maximum absolute atomic E-state index is 12.6. The summed E-state index contributed by atoms with van der Waals surface area (Å²) in [6.07, 6.45) is -2.09. The van der Waals surface area contributed by atoms with Gasteiger partial charge >= 0.3 is 6.18 Å². The predicted octanol–water partition coefficient (Wildman–Crippen LogP) is 2.56. The van der Waals surface area contributed by atoms with Gasteiger partial charge in [-0.15, -0.1) is 11.3 Å². The summed E-state index contributed by atoms with van der Waals surface area (Å²) in [6.45, 7) is 2.85. The Hall–Kier alpha value is -1.90. The van der Waals surface area contributed by atoms with E-state index in [-0.39, 0.29) is 11.0 Å². The van der Waals surface area contributed by atoms with Crippen molar-refractivity contribution in [1.82, 2.24) is 19.4 Å². The van der Waals surface area contributed by atoms with Crippen molar-refractivity contribution in [2.45, 2.75) is 25.7 Å². The predicted molar refractivity (Wildman–Crippen MR) is 69.5 cm³/mol. The van der Waals surface area contributed by atoms with Gasteiger partial charge in [-0.1, -0.05) is 0 Å². The number of alkyl halides is 3. The van der Waals surface area contributed by atoms with E-state index in [1.807, 2.05) is 11.5 Å². The quantitative estimate of drug-likeness (QED) is 0.800. The molecule has 1 aliphatic heterocycles. The summed E-state index contributed by atoms with van der Waals surface area (Å²) < 4.78 is 39.7. The van der Waals surface area contributed by atoms with Gasteiger partial charge in [0, 0.05) is 18.5 Å². The van der Waals surface area contributed by atoms with Crippen LogP contribution in [0.1, 0.15) is 24.4 Å². The van der Waals surface area contributed by atoms with E-state index in [4.69, 9.17) is 0 Å². The number of carbonyl (C=O) groups is 1. The second-order valence-electron chi connectivity index (χ2n) is 4.71. The first-order valence-corrected chi connectivity index (χ1v) is 7.09. The Morgan fingerprint density at radius 2 is 2.19 bits per heavy atom. The van der Waals surface area contributed by atoms with Crippen LogP contribution in [-0.2, 0) is 17.5 Å². The Morgan fingerprint density at radius 1 is 1.43 bits per heavy atom. The Kier molecular flexibility index (Phi) is 3.23. The highest BCUT2D eigenvalue weighted by Gasteiger charge is 2.35. The lowest BCUT2D eigenvalue weighted by Crippen LogP contribution is -2.35. The monoisotopic (exact) mass is 316 g/mol. The molecule has 2 aromatic heterocycles. The van der Waals surface area contributed by atoms with Gasteiger partial charge in [-0.3, -0.25) is 4.79 Å². The zero-order chi connectivity index (χ0) is 15.2. The number of fused-ring (bicyclic) bond motifs is 1. The first-order valence-electron chi connectivity index (χ1n) is 6.21. The molecule has 3 rings (SSSR count). The van der Waals surface area contributed by atoms with E-state index >= 15 is 0 Å². The molecule has 0 aromatic carbocycles. The minimum atomic E-state index is -4.45. The van der Waals surface area contributed by atoms with Crippen molar-refractivity contribution >= 4 is 17.7 Å². The number of imidazole rings is 1. The topological polar surface area (TPSA) is 51.0 Å². The molecule has 3 heterocycles. The Bertz CT molecular complexity index is 678. The van der Waals surface area contributed by atoms with Crippen molar-refractivity contribution in [2.75, 3.05) is 6.54 Å². The van der Waals surface area contributed by atoms with Gasteiger partial charge in [0.1, 0.15) is 0 Å². The van der Waals surface area contributed by atoms with Crippen LogP contribution in [-0.4, -0.2) is 32.4 Å². The maximum Gasteiger partial charge on any atom is 0.434 e. The molecule has 1 amide bonds. The summed E-state index contributed by atoms with van der Waals surface area (Å²) in [5.74, 6) is 0.419. The van der Waals surface area contributed by atoms with Gasteiger partial charge < -0.3 is 9.47 Å². The van der Waals surface area contributed by atoms with E-state index in [0.29, 0.717) is 18.9 Å². The van der Waals surface area contributed by atoms with E-state index in [0.717, 1.165) is 28.8 Å². The van der Waals surface area contributed by atoms with Crippen LogP contribution in [0, 0.1) is 0 Å². The first-order chi connectivity index (χ1) is 9.91. The van der Waals surface area contributed by atoms with Crippen LogP contribution in [0.15, 0.2) is 11.6 Å². The average Bonchev–Trinajstić information content (AvgIpc) is 3.04. The lowest BCUT2D eigenvalue weighted by molar-refractivity contribution is -0.140. The molecule has 1 atom stereocenters. The molecule has 112 valence electrons. The molecule has 0 fully saturated rings. The lowest BCUT2D eigenvalue weighted by atomic mass is 10.2. The average molecular weight is 316 g/mol. The molecule has 1 unspecified atom stereocenters. The summed E-state index contributed by atoms with van der Waals surface area (Å²) in [4.78, 5) is 20.4. The van der Waals surface area contributed by atoms with Crippen molar-refractivity contribution < 1.29 is 18.0 Å². The molecule has 0 bridgehead atoms. The molecule has 0 saturated carbocycles. The Morgan fingerprint density at radius 3 is 2.81 bits per heavy atom. The number of amides is 1. The summed E-state index contributed by atoms with van der Waals surface area (Å²) >= 11 is 0.917. The first kappa shape index (κ1) is 14.1. The summed E-state index contributed by atoms with van der Waals surface area (Å²) in [6, 6.07) is -0.153. The van der Waals surface area contributed by atoms with E-state index in [1.165, 1.54) is 0 Å². The SMILES string of the molecule is CC1c2cnc(-c3nc(C(F)(F)F)cs3)n2CCN1C=O. The van der Waals surface area contributed by atoms with Gasteiger partial charge in [-0.25, -0.2) is 9.97 Å². The van der Waals surface area contributed by atoms with Crippen LogP contribution in [0.25, 0.3) is 10.8 Å². The fourth-order valence-corrected chi connectivity index (χ4v) is 3.19. The lowest BCUT2D eigenvalue weighted by Gasteiger charge is -2.31. The largest absolute Gasteiger partial charge is 0.434 e. The van der Waals surface area contributed by atoms with Crippen LogP contribution in [0.5, 0.6) is 0 Å². The van der Waals surface area contributed by atoms with Gasteiger partial charge in [0.15, 0.2) is 16.5 Å². The highest BCUT2D eigenvalue weighted by Crippen LogP contribution is 2.35. The Labute approximate surface area is 122 Å². The van der Waals surface area contributed by atoms with Crippen molar-refractivity contribution in [3.05, 3.63) is 23.0 Å². The van der Waals surface area contributed by atoms with E-state index in [1.54, 1.807) is 11.1 Å². The Balaban J connectivity index is 1.99. The number of hydrogen-bond acceptors (Lipinski definition) is 4. The van der Waals surface area contributed by atoms with Crippen molar-refractivity contribution in [3.8, 4) is 10.8 Å². The molecule has 0 radical (unpaired) electrons. The molecule has 0 aliphatic carbocycles. The normalized spacial score (nSPS) is 18.7. The van der Waals surface area contributed by atoms with E-state index in [2.05, 4.69) is 9.97 Å². The number of aromatic nitrogens is 3. The highest BCUT2D eigenvalue weighted by molar-refractivity contribution is 7.13. The zero-order valence-corrected chi connectivity index (χ0v) is 11.8. The summed E-state index contributed by atoms with van der Waals surface area (Å²) in [5, 5.41) is 1.22. The van der Waals surface area contributed by atoms with Crippen LogP contribution in [0.2, 0.25) is 0 Å². The minimum absolute atomic E-state index is 0.153. The molecule has 2 aromatic rings. The van der Waals surface area contributed by atoms with Gasteiger partial charge in [0.2, 0.25) is 6.41 Å². The van der Waals surface area contributed by atoms with Gasteiger partial charge in [0.05, 0.1) is 17.9 Å². The third-order valence-electron chi connectivity index (χ3n) is 3.52. The molecule has 0 saturated heterocycles. The number of hydrogen-bond donors (Lipinski definition) is 0.